The number of likely N-dealkylation sites (N-methyl/N-ethyl adjacent to an activating group) is 1. The zero-order valence-electron chi connectivity index (χ0n) is 19.1. The van der Waals surface area contributed by atoms with E-state index < -0.39 is 0 Å². The Morgan fingerprint density at radius 3 is 2.53 bits per heavy atom. The highest BCUT2D eigenvalue weighted by Crippen LogP contribution is 2.12. The molecule has 0 aromatic heterocycles. The number of methoxy groups -OCH3 is 1. The summed E-state index contributed by atoms with van der Waals surface area (Å²) < 4.78 is 5.22. The molecular formula is C23H39N5O2. The maximum atomic E-state index is 12.0. The zero-order valence-corrected chi connectivity index (χ0v) is 19.1. The Balaban J connectivity index is 1.86. The molecule has 0 unspecified atom stereocenters. The predicted octanol–water partition coefficient (Wildman–Crippen LogP) is 2.13. The van der Waals surface area contributed by atoms with Crippen LogP contribution in [0.25, 0.3) is 0 Å². The summed E-state index contributed by atoms with van der Waals surface area (Å²) in [6, 6.07) is 8.50. The van der Waals surface area contributed by atoms with Crippen molar-refractivity contribution < 1.29 is 9.53 Å². The number of benzene rings is 1. The van der Waals surface area contributed by atoms with Crippen LogP contribution in [0.5, 0.6) is 5.75 Å². The topological polar surface area (TPSA) is 69.2 Å². The maximum Gasteiger partial charge on any atom is 0.243 e. The molecule has 1 aromatic rings. The van der Waals surface area contributed by atoms with Gasteiger partial charge >= 0.3 is 0 Å². The third-order valence-corrected chi connectivity index (χ3v) is 5.49. The highest BCUT2D eigenvalue weighted by atomic mass is 16.5. The number of nitrogens with zero attached hydrogens (tertiary/aromatic N) is 3. The Bertz CT molecular complexity index is 652. The van der Waals surface area contributed by atoms with Gasteiger partial charge in [-0.1, -0.05) is 25.5 Å². The van der Waals surface area contributed by atoms with Crippen LogP contribution in [-0.2, 0) is 11.2 Å². The standard InChI is InChI=1S/C23H39N5O2/c1-5-6-15-28-16-12-20(13-17-28)26-23(25-18-22(29)27(2)3)24-14-11-19-7-9-21(30-4)10-8-19/h7-10,20H,5-6,11-18H2,1-4H3,(H2,24,25,26). The first-order valence-electron chi connectivity index (χ1n) is 11.1. The van der Waals surface area contributed by atoms with Crippen molar-refractivity contribution in [1.82, 2.24) is 20.4 Å². The normalized spacial score (nSPS) is 15.7. The van der Waals surface area contributed by atoms with E-state index >= 15 is 0 Å². The number of amides is 1. The van der Waals surface area contributed by atoms with Gasteiger partial charge in [0.15, 0.2) is 5.96 Å². The number of rotatable bonds is 10. The SMILES string of the molecule is CCCCN1CCC(NC(=NCC(=O)N(C)C)NCCc2ccc(OC)cc2)CC1. The molecule has 1 saturated heterocycles. The Morgan fingerprint density at radius 2 is 1.93 bits per heavy atom. The van der Waals surface area contributed by atoms with E-state index in [0.29, 0.717) is 6.04 Å². The summed E-state index contributed by atoms with van der Waals surface area (Å²) in [6.07, 6.45) is 5.59. The summed E-state index contributed by atoms with van der Waals surface area (Å²) >= 11 is 0. The first-order valence-corrected chi connectivity index (χ1v) is 11.1. The smallest absolute Gasteiger partial charge is 0.243 e. The lowest BCUT2D eigenvalue weighted by molar-refractivity contribution is -0.127. The number of aliphatic imine (C=N–C) groups is 1. The molecule has 1 amide bonds. The van der Waals surface area contributed by atoms with Crippen LogP contribution < -0.4 is 15.4 Å². The summed E-state index contributed by atoms with van der Waals surface area (Å²) in [5.41, 5.74) is 1.23. The molecule has 0 bridgehead atoms. The van der Waals surface area contributed by atoms with Gasteiger partial charge in [0.25, 0.3) is 0 Å². The van der Waals surface area contributed by atoms with Crippen molar-refractivity contribution in [3.8, 4) is 5.75 Å². The predicted molar refractivity (Wildman–Crippen MR) is 123 cm³/mol. The number of carbonyl (C=O) groups excluding carboxylic acids is 1. The van der Waals surface area contributed by atoms with Crippen molar-refractivity contribution in [2.24, 2.45) is 4.99 Å². The fourth-order valence-corrected chi connectivity index (χ4v) is 3.43. The maximum absolute atomic E-state index is 12.0. The molecule has 30 heavy (non-hydrogen) atoms. The molecule has 1 aliphatic rings. The molecule has 0 radical (unpaired) electrons. The highest BCUT2D eigenvalue weighted by Gasteiger charge is 2.19. The second kappa shape index (κ2) is 13.1. The van der Waals surface area contributed by atoms with Crippen LogP contribution in [0, 0.1) is 0 Å². The lowest BCUT2D eigenvalue weighted by atomic mass is 10.0. The van der Waals surface area contributed by atoms with Gasteiger partial charge in [0.1, 0.15) is 12.3 Å². The summed E-state index contributed by atoms with van der Waals surface area (Å²) in [5, 5.41) is 6.96. The number of ether oxygens (including phenoxy) is 1. The average molecular weight is 418 g/mol. The van der Waals surface area contributed by atoms with Gasteiger partial charge in [0, 0.05) is 39.8 Å². The Kier molecular flexibility index (Phi) is 10.5. The highest BCUT2D eigenvalue weighted by molar-refractivity contribution is 5.84. The van der Waals surface area contributed by atoms with E-state index in [0.717, 1.165) is 50.6 Å². The van der Waals surface area contributed by atoms with Crippen LogP contribution in [0.3, 0.4) is 0 Å². The van der Waals surface area contributed by atoms with E-state index in [9.17, 15) is 4.79 Å². The Hall–Kier alpha value is -2.28. The van der Waals surface area contributed by atoms with Gasteiger partial charge in [-0.3, -0.25) is 4.79 Å². The number of likely N-dealkylation sites (tertiary alicyclic amines) is 1. The lowest BCUT2D eigenvalue weighted by Crippen LogP contribution is -2.49. The molecule has 1 aromatic carbocycles. The first-order chi connectivity index (χ1) is 14.5. The van der Waals surface area contributed by atoms with Crippen molar-refractivity contribution in [2.75, 3.05) is 53.9 Å². The zero-order chi connectivity index (χ0) is 21.8. The second-order valence-electron chi connectivity index (χ2n) is 8.09. The van der Waals surface area contributed by atoms with Crippen LogP contribution in [0.4, 0.5) is 0 Å². The van der Waals surface area contributed by atoms with E-state index in [2.05, 4.69) is 39.6 Å². The molecule has 1 aliphatic heterocycles. The molecular weight excluding hydrogens is 378 g/mol. The van der Waals surface area contributed by atoms with Crippen LogP contribution in [-0.4, -0.2) is 81.6 Å². The third-order valence-electron chi connectivity index (χ3n) is 5.49. The van der Waals surface area contributed by atoms with Crippen LogP contribution in [0.1, 0.15) is 38.2 Å². The summed E-state index contributed by atoms with van der Waals surface area (Å²) in [4.78, 5) is 20.6. The van der Waals surface area contributed by atoms with E-state index in [1.807, 2.05) is 12.1 Å². The molecule has 1 fully saturated rings. The van der Waals surface area contributed by atoms with Crippen molar-refractivity contribution in [2.45, 2.75) is 45.1 Å². The van der Waals surface area contributed by atoms with Crippen molar-refractivity contribution >= 4 is 11.9 Å². The molecule has 1 heterocycles. The second-order valence-corrected chi connectivity index (χ2v) is 8.09. The Morgan fingerprint density at radius 1 is 1.23 bits per heavy atom. The van der Waals surface area contributed by atoms with Gasteiger partial charge in [0.05, 0.1) is 7.11 Å². The number of hydrogen-bond donors (Lipinski definition) is 2. The van der Waals surface area contributed by atoms with Gasteiger partial charge in [-0.15, -0.1) is 0 Å². The van der Waals surface area contributed by atoms with Gasteiger partial charge in [-0.2, -0.15) is 0 Å². The largest absolute Gasteiger partial charge is 0.497 e. The minimum atomic E-state index is 0.000592. The van der Waals surface area contributed by atoms with Crippen LogP contribution in [0.2, 0.25) is 0 Å². The monoisotopic (exact) mass is 417 g/mol. The first kappa shape index (κ1) is 24.0. The molecule has 168 valence electrons. The Labute approximate surface area is 181 Å². The minimum absolute atomic E-state index is 0.000592. The molecule has 0 spiro atoms. The van der Waals surface area contributed by atoms with Crippen molar-refractivity contribution in [3.63, 3.8) is 0 Å². The molecule has 7 heteroatoms. The van der Waals surface area contributed by atoms with E-state index in [4.69, 9.17) is 4.74 Å². The van der Waals surface area contributed by atoms with Gasteiger partial charge in [0.2, 0.25) is 5.91 Å². The average Bonchev–Trinajstić information content (AvgIpc) is 2.77. The quantitative estimate of drug-likeness (QED) is 0.451. The number of unbranched alkanes of at least 4 members (excludes halogenated alkanes) is 1. The minimum Gasteiger partial charge on any atom is -0.497 e. The number of hydrogen-bond acceptors (Lipinski definition) is 4. The summed E-state index contributed by atoms with van der Waals surface area (Å²) in [7, 11) is 5.19. The van der Waals surface area contributed by atoms with Gasteiger partial charge < -0.3 is 25.2 Å². The fraction of sp³-hybridized carbons (Fsp3) is 0.652. The van der Waals surface area contributed by atoms with Gasteiger partial charge in [-0.05, 0) is 49.9 Å². The summed E-state index contributed by atoms with van der Waals surface area (Å²) in [5.74, 6) is 1.59. The van der Waals surface area contributed by atoms with E-state index in [1.54, 1.807) is 26.1 Å². The molecule has 2 N–H and O–H groups in total. The van der Waals surface area contributed by atoms with Crippen LogP contribution >= 0.6 is 0 Å². The molecule has 0 aliphatic carbocycles. The molecule has 0 saturated carbocycles. The van der Waals surface area contributed by atoms with Crippen LogP contribution in [0.15, 0.2) is 29.3 Å². The van der Waals surface area contributed by atoms with E-state index in [1.165, 1.54) is 24.9 Å². The number of carbonyl (C=O) groups is 1. The molecule has 2 rings (SSSR count). The number of nitrogens with one attached hydrogen (secondary N) is 2. The number of guanidine groups is 1. The van der Waals surface area contributed by atoms with Gasteiger partial charge in [-0.25, -0.2) is 4.99 Å². The molecule has 0 atom stereocenters. The van der Waals surface area contributed by atoms with E-state index in [-0.39, 0.29) is 12.5 Å². The third kappa shape index (κ3) is 8.61. The van der Waals surface area contributed by atoms with Crippen molar-refractivity contribution in [1.29, 1.82) is 0 Å². The van der Waals surface area contributed by atoms with Crippen molar-refractivity contribution in [3.05, 3.63) is 29.8 Å². The lowest BCUT2D eigenvalue weighted by Gasteiger charge is -2.33. The fourth-order valence-electron chi connectivity index (χ4n) is 3.43. The summed E-state index contributed by atoms with van der Waals surface area (Å²) in [6.45, 7) is 6.58. The molecule has 7 nitrogen and oxygen atoms in total. The number of piperidine rings is 1.